The van der Waals surface area contributed by atoms with Crippen LogP contribution in [0.4, 0.5) is 0 Å². The summed E-state index contributed by atoms with van der Waals surface area (Å²) in [6.45, 7) is 11.7. The van der Waals surface area contributed by atoms with Crippen LogP contribution in [0.3, 0.4) is 0 Å². The molecule has 1 aliphatic rings. The summed E-state index contributed by atoms with van der Waals surface area (Å²) in [6, 6.07) is 10.2. The molecule has 1 heteroatoms. The minimum absolute atomic E-state index is 0.326. The second-order valence-corrected chi connectivity index (χ2v) is 7.09. The standard InChI is InChI=1S/C19H31N/c1-6-15(7-2)14(3)20-18-12-13-19(4,5)17-11-9-8-10-16(17)18/h8-11,14-15,18,20H,6-7,12-13H2,1-5H3. The summed E-state index contributed by atoms with van der Waals surface area (Å²) < 4.78 is 0. The molecule has 1 nitrogen and oxygen atoms in total. The van der Waals surface area contributed by atoms with Gasteiger partial charge in [0.05, 0.1) is 0 Å². The van der Waals surface area contributed by atoms with E-state index in [1.165, 1.54) is 31.2 Å². The highest BCUT2D eigenvalue weighted by Gasteiger charge is 2.33. The van der Waals surface area contributed by atoms with Crippen molar-refractivity contribution in [3.8, 4) is 0 Å². The van der Waals surface area contributed by atoms with Gasteiger partial charge in [-0.2, -0.15) is 0 Å². The van der Waals surface area contributed by atoms with E-state index >= 15 is 0 Å². The molecule has 2 atom stereocenters. The number of benzene rings is 1. The Bertz CT molecular complexity index is 431. The zero-order chi connectivity index (χ0) is 14.8. The number of hydrogen-bond donors (Lipinski definition) is 1. The van der Waals surface area contributed by atoms with Crippen LogP contribution >= 0.6 is 0 Å². The predicted molar refractivity (Wildman–Crippen MR) is 88.1 cm³/mol. The summed E-state index contributed by atoms with van der Waals surface area (Å²) in [6.07, 6.45) is 5.07. The molecule has 2 rings (SSSR count). The van der Waals surface area contributed by atoms with E-state index in [1.54, 1.807) is 5.56 Å². The summed E-state index contributed by atoms with van der Waals surface area (Å²) in [7, 11) is 0. The van der Waals surface area contributed by atoms with E-state index in [9.17, 15) is 0 Å². The fraction of sp³-hybridized carbons (Fsp3) is 0.684. The molecule has 1 aliphatic carbocycles. The number of hydrogen-bond acceptors (Lipinski definition) is 1. The van der Waals surface area contributed by atoms with Crippen molar-refractivity contribution in [2.75, 3.05) is 0 Å². The molecule has 0 saturated heterocycles. The van der Waals surface area contributed by atoms with Crippen LogP contribution in [0.15, 0.2) is 24.3 Å². The second kappa shape index (κ2) is 6.30. The SMILES string of the molecule is CCC(CC)C(C)NC1CCC(C)(C)c2ccccc21. The van der Waals surface area contributed by atoms with Gasteiger partial charge in [-0.25, -0.2) is 0 Å². The molecule has 1 N–H and O–H groups in total. The molecule has 20 heavy (non-hydrogen) atoms. The summed E-state index contributed by atoms with van der Waals surface area (Å²) in [5.74, 6) is 0.789. The molecule has 1 aromatic rings. The molecule has 112 valence electrons. The quantitative estimate of drug-likeness (QED) is 0.776. The Kier molecular flexibility index (Phi) is 4.90. The molecule has 0 fully saturated rings. The van der Waals surface area contributed by atoms with E-state index < -0.39 is 0 Å². The first-order valence-electron chi connectivity index (χ1n) is 8.35. The lowest BCUT2D eigenvalue weighted by molar-refractivity contribution is 0.284. The van der Waals surface area contributed by atoms with Crippen LogP contribution in [0.2, 0.25) is 0 Å². The Morgan fingerprint density at radius 3 is 2.50 bits per heavy atom. The van der Waals surface area contributed by atoms with Gasteiger partial charge in [-0.3, -0.25) is 0 Å². The maximum absolute atomic E-state index is 3.91. The zero-order valence-electron chi connectivity index (χ0n) is 13.9. The Morgan fingerprint density at radius 2 is 1.85 bits per heavy atom. The molecule has 2 unspecified atom stereocenters. The predicted octanol–water partition coefficient (Wildman–Crippen LogP) is 5.21. The van der Waals surface area contributed by atoms with Crippen LogP contribution in [-0.4, -0.2) is 6.04 Å². The lowest BCUT2D eigenvalue weighted by Crippen LogP contribution is -2.40. The first-order valence-corrected chi connectivity index (χ1v) is 8.35. The second-order valence-electron chi connectivity index (χ2n) is 7.09. The molecule has 0 saturated carbocycles. The lowest BCUT2D eigenvalue weighted by Gasteiger charge is -2.39. The van der Waals surface area contributed by atoms with E-state index in [0.29, 0.717) is 17.5 Å². The van der Waals surface area contributed by atoms with Crippen LogP contribution in [0.25, 0.3) is 0 Å². The smallest absolute Gasteiger partial charge is 0.0325 e. The van der Waals surface area contributed by atoms with Crippen molar-refractivity contribution in [2.45, 2.75) is 77.8 Å². The molecule has 0 radical (unpaired) electrons. The van der Waals surface area contributed by atoms with Gasteiger partial charge >= 0.3 is 0 Å². The Labute approximate surface area is 125 Å². The van der Waals surface area contributed by atoms with Gasteiger partial charge in [-0.1, -0.05) is 64.8 Å². The van der Waals surface area contributed by atoms with Crippen molar-refractivity contribution in [2.24, 2.45) is 5.92 Å². The number of fused-ring (bicyclic) bond motifs is 1. The molecule has 0 bridgehead atoms. The monoisotopic (exact) mass is 273 g/mol. The third-order valence-electron chi connectivity index (χ3n) is 5.34. The highest BCUT2D eigenvalue weighted by molar-refractivity contribution is 5.38. The van der Waals surface area contributed by atoms with Crippen LogP contribution < -0.4 is 5.32 Å². The van der Waals surface area contributed by atoms with Crippen LogP contribution in [-0.2, 0) is 5.41 Å². The van der Waals surface area contributed by atoms with Crippen molar-refractivity contribution in [3.63, 3.8) is 0 Å². The van der Waals surface area contributed by atoms with Gasteiger partial charge < -0.3 is 5.32 Å². The minimum Gasteiger partial charge on any atom is -0.307 e. The molecule has 1 aromatic carbocycles. The number of nitrogens with one attached hydrogen (secondary N) is 1. The van der Waals surface area contributed by atoms with Crippen molar-refractivity contribution in [3.05, 3.63) is 35.4 Å². The fourth-order valence-corrected chi connectivity index (χ4v) is 3.83. The summed E-state index contributed by atoms with van der Waals surface area (Å²) in [5.41, 5.74) is 3.40. The Morgan fingerprint density at radius 1 is 1.20 bits per heavy atom. The lowest BCUT2D eigenvalue weighted by atomic mass is 9.71. The van der Waals surface area contributed by atoms with Gasteiger partial charge in [-0.15, -0.1) is 0 Å². The first kappa shape index (κ1) is 15.6. The number of rotatable bonds is 5. The highest BCUT2D eigenvalue weighted by Crippen LogP contribution is 2.41. The van der Waals surface area contributed by atoms with Gasteiger partial charge in [-0.05, 0) is 42.2 Å². The third-order valence-corrected chi connectivity index (χ3v) is 5.34. The minimum atomic E-state index is 0.326. The van der Waals surface area contributed by atoms with E-state index in [1.807, 2.05) is 0 Å². The Hall–Kier alpha value is -0.820. The fourth-order valence-electron chi connectivity index (χ4n) is 3.83. The van der Waals surface area contributed by atoms with E-state index in [-0.39, 0.29) is 0 Å². The average molecular weight is 273 g/mol. The Balaban J connectivity index is 2.19. The average Bonchev–Trinajstić information content (AvgIpc) is 2.44. The van der Waals surface area contributed by atoms with E-state index in [2.05, 4.69) is 64.2 Å². The summed E-state index contributed by atoms with van der Waals surface area (Å²) in [5, 5.41) is 3.91. The molecule has 0 heterocycles. The first-order chi connectivity index (χ1) is 9.49. The molecule has 0 amide bonds. The molecule has 0 spiro atoms. The maximum Gasteiger partial charge on any atom is 0.0325 e. The largest absolute Gasteiger partial charge is 0.307 e. The normalized spacial score (nSPS) is 22.6. The van der Waals surface area contributed by atoms with Gasteiger partial charge in [0, 0.05) is 12.1 Å². The highest BCUT2D eigenvalue weighted by atomic mass is 15.0. The summed E-state index contributed by atoms with van der Waals surface area (Å²) >= 11 is 0. The molecular formula is C19H31N. The van der Waals surface area contributed by atoms with E-state index in [0.717, 1.165) is 5.92 Å². The molecule has 0 aromatic heterocycles. The van der Waals surface area contributed by atoms with Crippen molar-refractivity contribution in [1.29, 1.82) is 0 Å². The maximum atomic E-state index is 3.91. The van der Waals surface area contributed by atoms with Gasteiger partial charge in [0.25, 0.3) is 0 Å². The van der Waals surface area contributed by atoms with Gasteiger partial charge in [0.1, 0.15) is 0 Å². The summed E-state index contributed by atoms with van der Waals surface area (Å²) in [4.78, 5) is 0. The molecular weight excluding hydrogens is 242 g/mol. The van der Waals surface area contributed by atoms with Gasteiger partial charge in [0.2, 0.25) is 0 Å². The molecule has 0 aliphatic heterocycles. The van der Waals surface area contributed by atoms with E-state index in [4.69, 9.17) is 0 Å². The van der Waals surface area contributed by atoms with Crippen molar-refractivity contribution in [1.82, 2.24) is 5.32 Å². The van der Waals surface area contributed by atoms with Gasteiger partial charge in [0.15, 0.2) is 0 Å². The van der Waals surface area contributed by atoms with Crippen LogP contribution in [0.1, 0.15) is 77.5 Å². The topological polar surface area (TPSA) is 12.0 Å². The van der Waals surface area contributed by atoms with Crippen molar-refractivity contribution < 1.29 is 0 Å². The third kappa shape index (κ3) is 3.09. The zero-order valence-corrected chi connectivity index (χ0v) is 13.9. The van der Waals surface area contributed by atoms with Crippen LogP contribution in [0, 0.1) is 5.92 Å². The van der Waals surface area contributed by atoms with Crippen LogP contribution in [0.5, 0.6) is 0 Å². The van der Waals surface area contributed by atoms with Crippen molar-refractivity contribution >= 4 is 0 Å².